The summed E-state index contributed by atoms with van der Waals surface area (Å²) in [6, 6.07) is 6.90. The zero-order valence-corrected chi connectivity index (χ0v) is 12.2. The van der Waals surface area contributed by atoms with E-state index < -0.39 is 11.7 Å². The lowest BCUT2D eigenvalue weighted by molar-refractivity contribution is -0.137. The van der Waals surface area contributed by atoms with Crippen molar-refractivity contribution < 1.29 is 13.2 Å². The number of nitrogen functional groups attached to an aromatic ring is 1. The van der Waals surface area contributed by atoms with E-state index in [0.717, 1.165) is 49.1 Å². The van der Waals surface area contributed by atoms with Gasteiger partial charge in [-0.15, -0.1) is 0 Å². The number of hydrogen-bond donors (Lipinski definition) is 1. The molecule has 1 aliphatic carbocycles. The van der Waals surface area contributed by atoms with Crippen LogP contribution in [0.15, 0.2) is 24.3 Å². The number of alkyl halides is 3. The average molecular weight is 317 g/mol. The van der Waals surface area contributed by atoms with Crippen molar-refractivity contribution in [2.75, 3.05) is 5.73 Å². The summed E-state index contributed by atoms with van der Waals surface area (Å²) in [7, 11) is 0. The van der Waals surface area contributed by atoms with Gasteiger partial charge in [0, 0.05) is 11.3 Å². The average Bonchev–Trinajstić information content (AvgIpc) is 2.53. The van der Waals surface area contributed by atoms with E-state index in [4.69, 9.17) is 5.73 Å². The lowest BCUT2D eigenvalue weighted by Gasteiger charge is -2.21. The summed E-state index contributed by atoms with van der Waals surface area (Å²) in [6.45, 7) is 0. The Kier molecular flexibility index (Phi) is 3.72. The molecule has 0 fully saturated rings. The molecule has 3 nitrogen and oxygen atoms in total. The second-order valence-electron chi connectivity index (χ2n) is 5.57. The summed E-state index contributed by atoms with van der Waals surface area (Å²) in [6.07, 6.45) is -0.880. The van der Waals surface area contributed by atoms with Crippen LogP contribution in [0.1, 0.15) is 35.2 Å². The molecule has 0 saturated heterocycles. The van der Waals surface area contributed by atoms with E-state index in [9.17, 15) is 18.4 Å². The van der Waals surface area contributed by atoms with Crippen LogP contribution in [0.25, 0.3) is 11.1 Å². The van der Waals surface area contributed by atoms with Crippen molar-refractivity contribution >= 4 is 5.82 Å². The van der Waals surface area contributed by atoms with E-state index >= 15 is 0 Å². The van der Waals surface area contributed by atoms with Gasteiger partial charge < -0.3 is 5.73 Å². The molecule has 0 amide bonds. The SMILES string of the molecule is N#Cc1c(N)nc2c(c1-c1ccc(C(F)(F)F)cc1)CCCC2. The number of pyridine rings is 1. The third kappa shape index (κ3) is 2.74. The smallest absolute Gasteiger partial charge is 0.383 e. The van der Waals surface area contributed by atoms with Crippen LogP contribution in [0.4, 0.5) is 19.0 Å². The zero-order chi connectivity index (χ0) is 16.6. The minimum Gasteiger partial charge on any atom is -0.383 e. The largest absolute Gasteiger partial charge is 0.416 e. The number of fused-ring (bicyclic) bond motifs is 1. The van der Waals surface area contributed by atoms with Crippen LogP contribution in [0.2, 0.25) is 0 Å². The van der Waals surface area contributed by atoms with E-state index in [1.807, 2.05) is 6.07 Å². The number of aryl methyl sites for hydroxylation is 1. The maximum Gasteiger partial charge on any atom is 0.416 e. The van der Waals surface area contributed by atoms with Crippen LogP contribution in [-0.4, -0.2) is 4.98 Å². The van der Waals surface area contributed by atoms with E-state index in [1.165, 1.54) is 12.1 Å². The molecular formula is C17H14F3N3. The molecule has 2 N–H and O–H groups in total. The third-order valence-electron chi connectivity index (χ3n) is 4.11. The van der Waals surface area contributed by atoms with Gasteiger partial charge in [-0.3, -0.25) is 0 Å². The normalized spacial score (nSPS) is 14.2. The third-order valence-corrected chi connectivity index (χ3v) is 4.11. The number of hydrogen-bond acceptors (Lipinski definition) is 3. The number of benzene rings is 1. The minimum absolute atomic E-state index is 0.142. The highest BCUT2D eigenvalue weighted by molar-refractivity contribution is 5.79. The van der Waals surface area contributed by atoms with Gasteiger partial charge in [-0.1, -0.05) is 12.1 Å². The summed E-state index contributed by atoms with van der Waals surface area (Å²) in [5, 5.41) is 9.40. The number of nitrogens with zero attached hydrogens (tertiary/aromatic N) is 2. The summed E-state index contributed by atoms with van der Waals surface area (Å²) < 4.78 is 38.2. The van der Waals surface area contributed by atoms with Gasteiger partial charge in [0.1, 0.15) is 17.5 Å². The first-order chi connectivity index (χ1) is 10.9. The Morgan fingerprint density at radius 1 is 1.09 bits per heavy atom. The maximum absolute atomic E-state index is 12.7. The molecule has 1 heterocycles. The van der Waals surface area contributed by atoms with Crippen molar-refractivity contribution in [1.82, 2.24) is 4.98 Å². The molecule has 0 aliphatic heterocycles. The van der Waals surface area contributed by atoms with Crippen molar-refractivity contribution in [3.8, 4) is 17.2 Å². The van der Waals surface area contributed by atoms with Gasteiger partial charge in [0.05, 0.1) is 5.56 Å². The van der Waals surface area contributed by atoms with Crippen molar-refractivity contribution in [3.63, 3.8) is 0 Å². The second kappa shape index (κ2) is 5.58. The minimum atomic E-state index is -4.38. The van der Waals surface area contributed by atoms with Crippen LogP contribution in [0, 0.1) is 11.3 Å². The Hall–Kier alpha value is -2.55. The van der Waals surface area contributed by atoms with E-state index in [0.29, 0.717) is 11.1 Å². The van der Waals surface area contributed by atoms with Gasteiger partial charge in [-0.2, -0.15) is 18.4 Å². The summed E-state index contributed by atoms with van der Waals surface area (Å²) in [5.41, 5.74) is 8.39. The van der Waals surface area contributed by atoms with Crippen LogP contribution in [0.5, 0.6) is 0 Å². The highest BCUT2D eigenvalue weighted by Gasteiger charge is 2.30. The maximum atomic E-state index is 12.7. The first-order valence-corrected chi connectivity index (χ1v) is 7.30. The van der Waals surface area contributed by atoms with Crippen LogP contribution >= 0.6 is 0 Å². The molecular weight excluding hydrogens is 303 g/mol. The molecule has 118 valence electrons. The molecule has 2 aromatic rings. The van der Waals surface area contributed by atoms with Crippen LogP contribution in [0.3, 0.4) is 0 Å². The lowest BCUT2D eigenvalue weighted by atomic mass is 9.86. The predicted molar refractivity (Wildman–Crippen MR) is 80.4 cm³/mol. The first-order valence-electron chi connectivity index (χ1n) is 7.30. The molecule has 0 spiro atoms. The highest BCUT2D eigenvalue weighted by atomic mass is 19.4. The number of nitrogens with two attached hydrogens (primary N) is 1. The first kappa shape index (κ1) is 15.3. The van der Waals surface area contributed by atoms with Gasteiger partial charge >= 0.3 is 6.18 Å². The zero-order valence-electron chi connectivity index (χ0n) is 12.2. The summed E-state index contributed by atoms with van der Waals surface area (Å²) in [4.78, 5) is 4.30. The van der Waals surface area contributed by atoms with Gasteiger partial charge in [0.2, 0.25) is 0 Å². The van der Waals surface area contributed by atoms with Crippen LogP contribution in [-0.2, 0) is 19.0 Å². The fourth-order valence-corrected chi connectivity index (χ4v) is 3.02. The second-order valence-corrected chi connectivity index (χ2v) is 5.57. The van der Waals surface area contributed by atoms with Gasteiger partial charge in [0.15, 0.2) is 0 Å². The molecule has 23 heavy (non-hydrogen) atoms. The fourth-order valence-electron chi connectivity index (χ4n) is 3.02. The molecule has 1 aromatic carbocycles. The topological polar surface area (TPSA) is 62.7 Å². The van der Waals surface area contributed by atoms with E-state index in [2.05, 4.69) is 4.98 Å². The lowest BCUT2D eigenvalue weighted by Crippen LogP contribution is -2.12. The number of nitriles is 1. The Morgan fingerprint density at radius 3 is 2.35 bits per heavy atom. The predicted octanol–water partition coefficient (Wildman–Crippen LogP) is 4.10. The van der Waals surface area contributed by atoms with E-state index in [-0.39, 0.29) is 11.4 Å². The summed E-state index contributed by atoms with van der Waals surface area (Å²) >= 11 is 0. The Bertz CT molecular complexity index is 787. The molecule has 1 aliphatic rings. The summed E-state index contributed by atoms with van der Waals surface area (Å²) in [5.74, 6) is 0.142. The molecule has 0 atom stereocenters. The Morgan fingerprint density at radius 2 is 1.74 bits per heavy atom. The van der Waals surface area contributed by atoms with Crippen molar-refractivity contribution in [2.45, 2.75) is 31.9 Å². The molecule has 0 bridgehead atoms. The number of anilines is 1. The molecule has 0 saturated carbocycles. The molecule has 3 rings (SSSR count). The molecule has 0 unspecified atom stereocenters. The standard InChI is InChI=1S/C17H14F3N3/c18-17(19,20)11-7-5-10(6-8-11)15-12-3-1-2-4-14(12)23-16(22)13(15)9-21/h5-8H,1-4H2,(H2,22,23). The number of aromatic nitrogens is 1. The Labute approximate surface area is 131 Å². The fraction of sp³-hybridized carbons (Fsp3) is 0.294. The van der Waals surface area contributed by atoms with Crippen molar-refractivity contribution in [1.29, 1.82) is 5.26 Å². The molecule has 0 radical (unpaired) electrons. The molecule has 6 heteroatoms. The number of halogens is 3. The van der Waals surface area contributed by atoms with Crippen molar-refractivity contribution in [2.24, 2.45) is 0 Å². The van der Waals surface area contributed by atoms with Gasteiger partial charge in [0.25, 0.3) is 0 Å². The number of rotatable bonds is 1. The van der Waals surface area contributed by atoms with Crippen LogP contribution < -0.4 is 5.73 Å². The highest BCUT2D eigenvalue weighted by Crippen LogP contribution is 2.37. The monoisotopic (exact) mass is 317 g/mol. The van der Waals surface area contributed by atoms with Crippen molar-refractivity contribution in [3.05, 3.63) is 46.6 Å². The molecule has 1 aromatic heterocycles. The van der Waals surface area contributed by atoms with Gasteiger partial charge in [-0.25, -0.2) is 4.98 Å². The Balaban J connectivity index is 2.19. The van der Waals surface area contributed by atoms with Gasteiger partial charge in [-0.05, 0) is 48.9 Å². The van der Waals surface area contributed by atoms with E-state index in [1.54, 1.807) is 0 Å². The quantitative estimate of drug-likeness (QED) is 0.861.